The Morgan fingerprint density at radius 3 is 2.33 bits per heavy atom. The molecule has 0 aromatic carbocycles. The van der Waals surface area contributed by atoms with Gasteiger partial charge in [0.15, 0.2) is 0 Å². The average molecular weight is 256 g/mol. The number of halogens is 2. The summed E-state index contributed by atoms with van der Waals surface area (Å²) in [6.45, 7) is 1.02. The van der Waals surface area contributed by atoms with Crippen molar-refractivity contribution in [2.75, 3.05) is 6.54 Å². The molecule has 1 aliphatic carbocycles. The number of nitrogens with zero attached hydrogens (tertiary/aromatic N) is 1. The molecule has 0 bridgehead atoms. The van der Waals surface area contributed by atoms with Crippen LogP contribution in [-0.4, -0.2) is 35.5 Å². The standard InChI is InChI=1S/C9H17N3O.2ClH/c10-6-4-7(5-6)12-3-1-2-8(12)9(11)13;;/h6-8H,1-5,10H2,(H2,11,13);2*1H. The van der Waals surface area contributed by atoms with Gasteiger partial charge in [-0.05, 0) is 32.2 Å². The fourth-order valence-corrected chi connectivity index (χ4v) is 2.43. The van der Waals surface area contributed by atoms with Gasteiger partial charge in [0.25, 0.3) is 0 Å². The molecule has 0 aromatic rings. The molecule has 2 aliphatic rings. The van der Waals surface area contributed by atoms with Crippen LogP contribution < -0.4 is 11.5 Å². The van der Waals surface area contributed by atoms with E-state index in [1.165, 1.54) is 0 Å². The highest BCUT2D eigenvalue weighted by atomic mass is 35.5. The van der Waals surface area contributed by atoms with Gasteiger partial charge in [0.2, 0.25) is 5.91 Å². The molecule has 0 aromatic heterocycles. The molecular formula is C9H19Cl2N3O. The summed E-state index contributed by atoms with van der Waals surface area (Å²) in [6.07, 6.45) is 4.09. The van der Waals surface area contributed by atoms with Crippen LogP contribution in [0.1, 0.15) is 25.7 Å². The van der Waals surface area contributed by atoms with Gasteiger partial charge in [-0.1, -0.05) is 0 Å². The van der Waals surface area contributed by atoms with Crippen molar-refractivity contribution in [2.24, 2.45) is 11.5 Å². The number of amides is 1. The Hall–Kier alpha value is -0.0300. The first-order valence-corrected chi connectivity index (χ1v) is 4.99. The summed E-state index contributed by atoms with van der Waals surface area (Å²) in [5.41, 5.74) is 11.0. The van der Waals surface area contributed by atoms with Crippen molar-refractivity contribution in [3.05, 3.63) is 0 Å². The highest BCUT2D eigenvalue weighted by Crippen LogP contribution is 2.30. The van der Waals surface area contributed by atoms with Crippen LogP contribution >= 0.6 is 24.8 Å². The molecular weight excluding hydrogens is 237 g/mol. The van der Waals surface area contributed by atoms with Gasteiger partial charge in [0.1, 0.15) is 0 Å². The second-order valence-corrected chi connectivity index (χ2v) is 4.18. The Labute approximate surface area is 103 Å². The lowest BCUT2D eigenvalue weighted by molar-refractivity contribution is -0.123. The average Bonchev–Trinajstić information content (AvgIpc) is 2.45. The van der Waals surface area contributed by atoms with E-state index in [4.69, 9.17) is 11.5 Å². The number of nitrogens with two attached hydrogens (primary N) is 2. The van der Waals surface area contributed by atoms with Crippen LogP contribution in [0.4, 0.5) is 0 Å². The molecule has 0 radical (unpaired) electrons. The molecule has 0 spiro atoms. The molecule has 1 amide bonds. The Bertz CT molecular complexity index is 221. The van der Waals surface area contributed by atoms with Crippen molar-refractivity contribution in [1.82, 2.24) is 4.90 Å². The van der Waals surface area contributed by atoms with Crippen LogP contribution in [0.3, 0.4) is 0 Å². The molecule has 1 unspecified atom stereocenters. The number of hydrogen-bond acceptors (Lipinski definition) is 3. The molecule has 2 rings (SSSR count). The molecule has 4 N–H and O–H groups in total. The maximum absolute atomic E-state index is 11.1. The van der Waals surface area contributed by atoms with Crippen molar-refractivity contribution in [2.45, 2.75) is 43.8 Å². The SMILES string of the molecule is Cl.Cl.NC(=O)C1CCCN1C1CC(N)C1. The fraction of sp³-hybridized carbons (Fsp3) is 0.889. The third-order valence-electron chi connectivity index (χ3n) is 3.24. The topological polar surface area (TPSA) is 72.4 Å². The normalized spacial score (nSPS) is 34.9. The third-order valence-corrected chi connectivity index (χ3v) is 3.24. The van der Waals surface area contributed by atoms with Gasteiger partial charge < -0.3 is 11.5 Å². The predicted molar refractivity (Wildman–Crippen MR) is 64.4 cm³/mol. The number of hydrogen-bond donors (Lipinski definition) is 2. The minimum Gasteiger partial charge on any atom is -0.368 e. The largest absolute Gasteiger partial charge is 0.368 e. The van der Waals surface area contributed by atoms with Crippen LogP contribution in [0.2, 0.25) is 0 Å². The van der Waals surface area contributed by atoms with Crippen molar-refractivity contribution in [1.29, 1.82) is 0 Å². The quantitative estimate of drug-likeness (QED) is 0.744. The first kappa shape index (κ1) is 15.0. The molecule has 1 saturated carbocycles. The van der Waals surface area contributed by atoms with Crippen LogP contribution in [0.15, 0.2) is 0 Å². The second-order valence-electron chi connectivity index (χ2n) is 4.18. The molecule has 15 heavy (non-hydrogen) atoms. The van der Waals surface area contributed by atoms with Gasteiger partial charge in [0.05, 0.1) is 6.04 Å². The van der Waals surface area contributed by atoms with Gasteiger partial charge in [0, 0.05) is 12.1 Å². The molecule has 1 saturated heterocycles. The lowest BCUT2D eigenvalue weighted by Gasteiger charge is -2.41. The maximum atomic E-state index is 11.1. The molecule has 1 heterocycles. The Balaban J connectivity index is 0.000000980. The van der Waals surface area contributed by atoms with E-state index in [9.17, 15) is 4.79 Å². The lowest BCUT2D eigenvalue weighted by atomic mass is 9.86. The monoisotopic (exact) mass is 255 g/mol. The van der Waals surface area contributed by atoms with E-state index in [1.54, 1.807) is 0 Å². The highest BCUT2D eigenvalue weighted by molar-refractivity contribution is 5.85. The molecule has 1 atom stereocenters. The summed E-state index contributed by atoms with van der Waals surface area (Å²) in [6, 6.07) is 0.853. The Morgan fingerprint density at radius 1 is 1.27 bits per heavy atom. The van der Waals surface area contributed by atoms with Gasteiger partial charge in [-0.2, -0.15) is 0 Å². The van der Waals surface area contributed by atoms with Gasteiger partial charge >= 0.3 is 0 Å². The first-order valence-electron chi connectivity index (χ1n) is 4.99. The summed E-state index contributed by atoms with van der Waals surface area (Å²) in [7, 11) is 0. The van der Waals surface area contributed by atoms with E-state index in [-0.39, 0.29) is 36.8 Å². The summed E-state index contributed by atoms with van der Waals surface area (Å²) in [4.78, 5) is 13.3. The van der Waals surface area contributed by atoms with Gasteiger partial charge in [-0.3, -0.25) is 9.69 Å². The van der Waals surface area contributed by atoms with E-state index >= 15 is 0 Å². The summed E-state index contributed by atoms with van der Waals surface area (Å²) >= 11 is 0. The number of likely N-dealkylation sites (tertiary alicyclic amines) is 1. The van der Waals surface area contributed by atoms with Crippen molar-refractivity contribution in [3.63, 3.8) is 0 Å². The van der Waals surface area contributed by atoms with Crippen LogP contribution in [0.5, 0.6) is 0 Å². The number of primary amides is 1. The molecule has 2 fully saturated rings. The van der Waals surface area contributed by atoms with Crippen molar-refractivity contribution >= 4 is 30.7 Å². The summed E-state index contributed by atoms with van der Waals surface area (Å²) < 4.78 is 0. The zero-order chi connectivity index (χ0) is 9.42. The zero-order valence-electron chi connectivity index (χ0n) is 8.59. The highest BCUT2D eigenvalue weighted by Gasteiger charge is 2.39. The number of carbonyl (C=O) groups is 1. The number of carbonyl (C=O) groups excluding carboxylic acids is 1. The minimum absolute atomic E-state index is 0. The molecule has 6 heteroatoms. The van der Waals surface area contributed by atoms with Crippen molar-refractivity contribution in [3.8, 4) is 0 Å². The van der Waals surface area contributed by atoms with E-state index in [0.29, 0.717) is 12.1 Å². The van der Waals surface area contributed by atoms with E-state index < -0.39 is 0 Å². The van der Waals surface area contributed by atoms with E-state index in [0.717, 1.165) is 32.2 Å². The Kier molecular flexibility index (Phi) is 5.88. The van der Waals surface area contributed by atoms with Crippen LogP contribution in [0.25, 0.3) is 0 Å². The zero-order valence-corrected chi connectivity index (χ0v) is 10.2. The second kappa shape index (κ2) is 5.89. The van der Waals surface area contributed by atoms with E-state index in [1.807, 2.05) is 0 Å². The van der Waals surface area contributed by atoms with E-state index in [2.05, 4.69) is 4.90 Å². The van der Waals surface area contributed by atoms with Gasteiger partial charge in [-0.15, -0.1) is 24.8 Å². The summed E-state index contributed by atoms with van der Waals surface area (Å²) in [5, 5.41) is 0. The molecule has 1 aliphatic heterocycles. The third kappa shape index (κ3) is 2.97. The van der Waals surface area contributed by atoms with Gasteiger partial charge in [-0.25, -0.2) is 0 Å². The molecule has 90 valence electrons. The minimum atomic E-state index is -0.169. The van der Waals surface area contributed by atoms with Crippen LogP contribution in [0, 0.1) is 0 Å². The predicted octanol–water partition coefficient (Wildman–Crippen LogP) is 0.269. The van der Waals surface area contributed by atoms with Crippen LogP contribution in [-0.2, 0) is 4.79 Å². The smallest absolute Gasteiger partial charge is 0.234 e. The maximum Gasteiger partial charge on any atom is 0.234 e. The number of rotatable bonds is 2. The fourth-order valence-electron chi connectivity index (χ4n) is 2.43. The van der Waals surface area contributed by atoms with Crippen molar-refractivity contribution < 1.29 is 4.79 Å². The lowest BCUT2D eigenvalue weighted by Crippen LogP contribution is -2.54. The summed E-state index contributed by atoms with van der Waals surface area (Å²) in [5.74, 6) is -0.169. The molecule has 4 nitrogen and oxygen atoms in total. The Morgan fingerprint density at radius 2 is 1.87 bits per heavy atom. The first-order chi connectivity index (χ1) is 6.18.